The maximum Gasteiger partial charge on any atom is 0.123 e. The zero-order chi connectivity index (χ0) is 15.2. The van der Waals surface area contributed by atoms with Crippen molar-refractivity contribution in [1.82, 2.24) is 5.32 Å². The fraction of sp³-hybridized carbons (Fsp3) is 0.294. The molecule has 2 atom stereocenters. The summed E-state index contributed by atoms with van der Waals surface area (Å²) in [5.74, 6) is -0.291. The molecule has 0 aliphatic rings. The van der Waals surface area contributed by atoms with E-state index in [1.165, 1.54) is 22.6 Å². The first-order chi connectivity index (χ1) is 10.1. The van der Waals surface area contributed by atoms with E-state index in [9.17, 15) is 9.50 Å². The molecule has 0 saturated carbocycles. The van der Waals surface area contributed by atoms with Crippen LogP contribution in [0, 0.1) is 5.82 Å². The van der Waals surface area contributed by atoms with E-state index in [0.29, 0.717) is 12.1 Å². The lowest BCUT2D eigenvalue weighted by molar-refractivity contribution is 0.135. The van der Waals surface area contributed by atoms with Crippen molar-refractivity contribution in [3.05, 3.63) is 65.5 Å². The molecule has 2 nitrogen and oxygen atoms in total. The van der Waals surface area contributed by atoms with Crippen LogP contribution in [0.5, 0.6) is 0 Å². The van der Waals surface area contributed by atoms with E-state index in [-0.39, 0.29) is 11.9 Å². The molecule has 0 spiro atoms. The lowest BCUT2D eigenvalue weighted by atomic mass is 10.0. The molecule has 0 heterocycles. The van der Waals surface area contributed by atoms with Crippen LogP contribution in [-0.4, -0.2) is 17.4 Å². The van der Waals surface area contributed by atoms with Crippen molar-refractivity contribution in [2.24, 2.45) is 0 Å². The van der Waals surface area contributed by atoms with E-state index in [4.69, 9.17) is 0 Å². The second kappa shape index (κ2) is 7.59. The molecule has 21 heavy (non-hydrogen) atoms. The van der Waals surface area contributed by atoms with Crippen molar-refractivity contribution in [3.8, 4) is 0 Å². The maximum atomic E-state index is 12.9. The Balaban J connectivity index is 1.91. The first-order valence-electron chi connectivity index (χ1n) is 6.90. The molecule has 2 rings (SSSR count). The van der Waals surface area contributed by atoms with Gasteiger partial charge in [-0.15, -0.1) is 11.8 Å². The summed E-state index contributed by atoms with van der Waals surface area (Å²) in [5.41, 5.74) is 1.89. The summed E-state index contributed by atoms with van der Waals surface area (Å²) in [6, 6.07) is 14.2. The molecule has 0 bridgehead atoms. The molecule has 2 aromatic rings. The number of hydrogen-bond acceptors (Lipinski definition) is 3. The van der Waals surface area contributed by atoms with E-state index in [1.807, 2.05) is 13.2 Å². The quantitative estimate of drug-likeness (QED) is 0.797. The number of hydrogen-bond donors (Lipinski definition) is 2. The summed E-state index contributed by atoms with van der Waals surface area (Å²) < 4.78 is 12.9. The third kappa shape index (κ3) is 4.56. The van der Waals surface area contributed by atoms with Crippen molar-refractivity contribution in [2.45, 2.75) is 30.5 Å². The van der Waals surface area contributed by atoms with Crippen LogP contribution in [-0.2, 0) is 6.54 Å². The van der Waals surface area contributed by atoms with Crippen molar-refractivity contribution in [1.29, 1.82) is 0 Å². The van der Waals surface area contributed by atoms with Crippen molar-refractivity contribution >= 4 is 11.8 Å². The highest BCUT2D eigenvalue weighted by Crippen LogP contribution is 2.18. The number of rotatable bonds is 6. The Hall–Kier alpha value is -1.36. The highest BCUT2D eigenvalue weighted by atomic mass is 32.2. The number of benzene rings is 2. The van der Waals surface area contributed by atoms with Crippen molar-refractivity contribution < 1.29 is 9.50 Å². The largest absolute Gasteiger partial charge is 0.387 e. The summed E-state index contributed by atoms with van der Waals surface area (Å²) in [6.45, 7) is 2.61. The monoisotopic (exact) mass is 305 g/mol. The fourth-order valence-corrected chi connectivity index (χ4v) is 2.49. The molecule has 0 saturated heterocycles. The maximum absolute atomic E-state index is 12.9. The molecule has 2 N–H and O–H groups in total. The molecule has 0 aliphatic carbocycles. The molecule has 112 valence electrons. The average molecular weight is 305 g/mol. The number of nitrogens with one attached hydrogen (secondary N) is 1. The average Bonchev–Trinajstić information content (AvgIpc) is 2.53. The van der Waals surface area contributed by atoms with Gasteiger partial charge in [-0.1, -0.05) is 24.3 Å². The Bertz CT molecular complexity index is 556. The molecular weight excluding hydrogens is 285 g/mol. The Morgan fingerprint density at radius 2 is 1.71 bits per heavy atom. The van der Waals surface area contributed by atoms with Crippen LogP contribution >= 0.6 is 11.8 Å². The molecule has 0 fully saturated rings. The fourth-order valence-electron chi connectivity index (χ4n) is 2.08. The van der Waals surface area contributed by atoms with Crippen molar-refractivity contribution in [3.63, 3.8) is 0 Å². The molecule has 0 radical (unpaired) electrons. The van der Waals surface area contributed by atoms with Crippen LogP contribution < -0.4 is 5.32 Å². The molecule has 0 amide bonds. The van der Waals surface area contributed by atoms with Crippen LogP contribution in [0.25, 0.3) is 0 Å². The molecule has 4 heteroatoms. The second-order valence-corrected chi connectivity index (χ2v) is 5.89. The molecule has 0 aliphatic heterocycles. The highest BCUT2D eigenvalue weighted by molar-refractivity contribution is 7.98. The van der Waals surface area contributed by atoms with E-state index in [0.717, 1.165) is 0 Å². The first-order valence-corrected chi connectivity index (χ1v) is 8.12. The predicted molar refractivity (Wildman–Crippen MR) is 85.9 cm³/mol. The number of aliphatic hydroxyl groups excluding tert-OH is 1. The lowest BCUT2D eigenvalue weighted by Crippen LogP contribution is -2.31. The van der Waals surface area contributed by atoms with Crippen LogP contribution in [0.2, 0.25) is 0 Å². The second-order valence-electron chi connectivity index (χ2n) is 5.01. The van der Waals surface area contributed by atoms with Gasteiger partial charge in [0.2, 0.25) is 0 Å². The minimum absolute atomic E-state index is 0.115. The van der Waals surface area contributed by atoms with Gasteiger partial charge in [0.1, 0.15) is 5.82 Å². The Labute approximate surface area is 129 Å². The standard InChI is InChI=1S/C17H20FNOS/c1-12(17(20)14-5-7-15(18)8-6-14)19-11-13-3-9-16(21-2)10-4-13/h3-10,12,17,19-20H,11H2,1-2H3. The van der Waals surface area contributed by atoms with E-state index < -0.39 is 6.10 Å². The molecule has 2 aromatic carbocycles. The van der Waals surface area contributed by atoms with Gasteiger partial charge >= 0.3 is 0 Å². The van der Waals surface area contributed by atoms with Crippen LogP contribution in [0.1, 0.15) is 24.2 Å². The highest BCUT2D eigenvalue weighted by Gasteiger charge is 2.15. The minimum atomic E-state index is -0.656. The zero-order valence-corrected chi connectivity index (χ0v) is 13.0. The topological polar surface area (TPSA) is 32.3 Å². The Morgan fingerprint density at radius 1 is 1.10 bits per heavy atom. The Kier molecular flexibility index (Phi) is 5.79. The van der Waals surface area contributed by atoms with Crippen molar-refractivity contribution in [2.75, 3.05) is 6.26 Å². The number of thioether (sulfide) groups is 1. The van der Waals surface area contributed by atoms with E-state index in [1.54, 1.807) is 23.9 Å². The van der Waals surface area contributed by atoms with Gasteiger partial charge in [0.05, 0.1) is 6.10 Å². The number of halogens is 1. The zero-order valence-electron chi connectivity index (χ0n) is 12.2. The summed E-state index contributed by atoms with van der Waals surface area (Å²) in [7, 11) is 0. The third-order valence-electron chi connectivity index (χ3n) is 3.47. The predicted octanol–water partition coefficient (Wildman–Crippen LogP) is 3.76. The number of aliphatic hydroxyl groups is 1. The summed E-state index contributed by atoms with van der Waals surface area (Å²) in [6.07, 6.45) is 1.39. The minimum Gasteiger partial charge on any atom is -0.387 e. The smallest absolute Gasteiger partial charge is 0.123 e. The van der Waals surface area contributed by atoms with Crippen LogP contribution in [0.3, 0.4) is 0 Å². The van der Waals surface area contributed by atoms with Crippen LogP contribution in [0.15, 0.2) is 53.4 Å². The van der Waals surface area contributed by atoms with Gasteiger partial charge in [-0.05, 0) is 48.6 Å². The SMILES string of the molecule is CSc1ccc(CNC(C)C(O)c2ccc(F)cc2)cc1. The van der Waals surface area contributed by atoms with Gasteiger partial charge in [0.15, 0.2) is 0 Å². The normalized spacial score (nSPS) is 13.9. The molecule has 0 aromatic heterocycles. The van der Waals surface area contributed by atoms with E-state index in [2.05, 4.69) is 29.6 Å². The summed E-state index contributed by atoms with van der Waals surface area (Å²) in [5, 5.41) is 13.6. The van der Waals surface area contributed by atoms with Gasteiger partial charge in [0.25, 0.3) is 0 Å². The van der Waals surface area contributed by atoms with Gasteiger partial charge in [-0.3, -0.25) is 0 Å². The summed E-state index contributed by atoms with van der Waals surface area (Å²) >= 11 is 1.71. The lowest BCUT2D eigenvalue weighted by Gasteiger charge is -2.21. The van der Waals surface area contributed by atoms with Gasteiger partial charge in [-0.2, -0.15) is 0 Å². The van der Waals surface area contributed by atoms with Crippen LogP contribution in [0.4, 0.5) is 4.39 Å². The summed E-state index contributed by atoms with van der Waals surface area (Å²) in [4.78, 5) is 1.23. The van der Waals surface area contributed by atoms with Gasteiger partial charge in [0, 0.05) is 17.5 Å². The first kappa shape index (κ1) is 16.0. The van der Waals surface area contributed by atoms with Gasteiger partial charge in [-0.25, -0.2) is 4.39 Å². The molecule has 2 unspecified atom stereocenters. The Morgan fingerprint density at radius 3 is 2.29 bits per heavy atom. The molecular formula is C17H20FNOS. The van der Waals surface area contributed by atoms with E-state index >= 15 is 0 Å². The van der Waals surface area contributed by atoms with Gasteiger partial charge < -0.3 is 10.4 Å². The third-order valence-corrected chi connectivity index (χ3v) is 4.22.